The Kier molecular flexibility index (Phi) is 6.36. The first-order valence-corrected chi connectivity index (χ1v) is 8.29. The molecule has 2 amide bonds. The van der Waals surface area contributed by atoms with E-state index < -0.39 is 0 Å². The molecule has 2 heterocycles. The number of amides is 2. The summed E-state index contributed by atoms with van der Waals surface area (Å²) in [5, 5.41) is 3.33. The third-order valence-electron chi connectivity index (χ3n) is 4.05. The molecular weight excluding hydrogens is 316 g/mol. The Labute approximate surface area is 141 Å². The van der Waals surface area contributed by atoms with Gasteiger partial charge in [0.25, 0.3) is 5.91 Å². The second-order valence-corrected chi connectivity index (χ2v) is 6.21. The van der Waals surface area contributed by atoms with E-state index >= 15 is 0 Å². The van der Waals surface area contributed by atoms with Crippen LogP contribution in [-0.2, 0) is 4.79 Å². The molecule has 0 radical (unpaired) electrons. The molecule has 1 atom stereocenters. The molecule has 0 bridgehead atoms. The van der Waals surface area contributed by atoms with Gasteiger partial charge in [-0.3, -0.25) is 19.5 Å². The molecule has 1 saturated heterocycles. The molecule has 6 nitrogen and oxygen atoms in total. The average Bonchev–Trinajstić information content (AvgIpc) is 2.55. The zero-order valence-corrected chi connectivity index (χ0v) is 14.3. The normalized spacial score (nSPS) is 16.9. The number of carbonyl (C=O) groups excluding carboxylic acids is 2. The number of rotatable bonds is 5. The Balaban J connectivity index is 1.83. The molecular formula is C16H23ClN4O2. The van der Waals surface area contributed by atoms with Crippen LogP contribution in [0.2, 0.25) is 5.02 Å². The fourth-order valence-electron chi connectivity index (χ4n) is 2.45. The van der Waals surface area contributed by atoms with Crippen molar-refractivity contribution in [2.75, 3.05) is 32.7 Å². The maximum Gasteiger partial charge on any atom is 0.255 e. The largest absolute Gasteiger partial charge is 0.353 e. The topological polar surface area (TPSA) is 65.5 Å². The number of nitrogens with zero attached hydrogens (tertiary/aromatic N) is 3. The molecule has 1 N–H and O–H groups in total. The van der Waals surface area contributed by atoms with E-state index in [1.165, 1.54) is 6.20 Å². The van der Waals surface area contributed by atoms with Crippen molar-refractivity contribution in [3.63, 3.8) is 0 Å². The Morgan fingerprint density at radius 1 is 1.35 bits per heavy atom. The van der Waals surface area contributed by atoms with Gasteiger partial charge < -0.3 is 10.2 Å². The number of hydrogen-bond donors (Lipinski definition) is 1. The number of pyridine rings is 1. The van der Waals surface area contributed by atoms with E-state index in [2.05, 4.69) is 15.2 Å². The monoisotopic (exact) mass is 338 g/mol. The minimum atomic E-state index is -0.0823. The summed E-state index contributed by atoms with van der Waals surface area (Å²) in [4.78, 5) is 32.1. The number of hydrogen-bond acceptors (Lipinski definition) is 4. The maximum absolute atomic E-state index is 12.4. The lowest BCUT2D eigenvalue weighted by Gasteiger charge is -2.34. The lowest BCUT2D eigenvalue weighted by atomic mass is 10.2. The summed E-state index contributed by atoms with van der Waals surface area (Å²) in [5.41, 5.74) is 0.477. The van der Waals surface area contributed by atoms with Gasteiger partial charge in [0, 0.05) is 44.6 Å². The van der Waals surface area contributed by atoms with Crippen molar-refractivity contribution in [2.45, 2.75) is 26.3 Å². The quantitative estimate of drug-likeness (QED) is 0.881. The summed E-state index contributed by atoms with van der Waals surface area (Å²) in [7, 11) is 0. The molecule has 126 valence electrons. The summed E-state index contributed by atoms with van der Waals surface area (Å²) < 4.78 is 0. The molecule has 23 heavy (non-hydrogen) atoms. The molecule has 2 rings (SSSR count). The smallest absolute Gasteiger partial charge is 0.255 e. The summed E-state index contributed by atoms with van der Waals surface area (Å²) in [6, 6.07) is 1.83. The van der Waals surface area contributed by atoms with Crippen molar-refractivity contribution in [1.82, 2.24) is 20.1 Å². The van der Waals surface area contributed by atoms with Crippen LogP contribution in [0, 0.1) is 0 Å². The van der Waals surface area contributed by atoms with Gasteiger partial charge in [-0.15, -0.1) is 0 Å². The minimum Gasteiger partial charge on any atom is -0.353 e. The fraction of sp³-hybridized carbons (Fsp3) is 0.562. The third kappa shape index (κ3) is 4.91. The number of halogens is 1. The van der Waals surface area contributed by atoms with Crippen LogP contribution in [-0.4, -0.2) is 65.4 Å². The number of nitrogens with one attached hydrogen (secondary N) is 1. The highest BCUT2D eigenvalue weighted by Gasteiger charge is 2.24. The van der Waals surface area contributed by atoms with Gasteiger partial charge in [-0.25, -0.2) is 0 Å². The van der Waals surface area contributed by atoms with E-state index in [-0.39, 0.29) is 17.9 Å². The highest BCUT2D eigenvalue weighted by molar-refractivity contribution is 6.33. The molecule has 0 aliphatic carbocycles. The molecule has 0 aromatic carbocycles. The number of carbonyl (C=O) groups is 2. The lowest BCUT2D eigenvalue weighted by Crippen LogP contribution is -2.51. The van der Waals surface area contributed by atoms with Crippen molar-refractivity contribution in [3.05, 3.63) is 29.0 Å². The SMILES string of the molecule is CC[C@@H](C)NC(=O)CN1CCN(C(=O)c2ccncc2Cl)CC1. The Bertz CT molecular complexity index is 559. The van der Waals surface area contributed by atoms with Crippen LogP contribution in [0.25, 0.3) is 0 Å². The number of aromatic nitrogens is 1. The first-order chi connectivity index (χ1) is 11.0. The van der Waals surface area contributed by atoms with Gasteiger partial charge in [-0.1, -0.05) is 18.5 Å². The zero-order valence-electron chi connectivity index (χ0n) is 13.6. The number of piperazine rings is 1. The van der Waals surface area contributed by atoms with Crippen molar-refractivity contribution in [2.24, 2.45) is 0 Å². The summed E-state index contributed by atoms with van der Waals surface area (Å²) in [6.07, 6.45) is 3.96. The van der Waals surface area contributed by atoms with E-state index in [9.17, 15) is 9.59 Å². The van der Waals surface area contributed by atoms with Gasteiger partial charge in [-0.2, -0.15) is 0 Å². The molecule has 7 heteroatoms. The third-order valence-corrected chi connectivity index (χ3v) is 4.35. The van der Waals surface area contributed by atoms with E-state index in [0.717, 1.165) is 6.42 Å². The molecule has 1 aromatic heterocycles. The summed E-state index contributed by atoms with van der Waals surface area (Å²) in [5.74, 6) is -0.0441. The molecule has 1 fully saturated rings. The van der Waals surface area contributed by atoms with E-state index in [1.54, 1.807) is 17.2 Å². The van der Waals surface area contributed by atoms with E-state index in [1.807, 2.05) is 13.8 Å². The Morgan fingerprint density at radius 3 is 2.65 bits per heavy atom. The standard InChI is InChI=1S/C16H23ClN4O2/c1-3-12(2)19-15(22)11-20-6-8-21(9-7-20)16(23)13-4-5-18-10-14(13)17/h4-5,10,12H,3,6-9,11H2,1-2H3,(H,19,22)/t12-/m1/s1. The second kappa shape index (κ2) is 8.26. The molecule has 0 spiro atoms. The van der Waals surface area contributed by atoms with Crippen LogP contribution >= 0.6 is 11.6 Å². The Hall–Kier alpha value is -1.66. The van der Waals surface area contributed by atoms with Crippen molar-refractivity contribution < 1.29 is 9.59 Å². The van der Waals surface area contributed by atoms with E-state index in [0.29, 0.717) is 43.3 Å². The first kappa shape index (κ1) is 17.7. The molecule has 1 aliphatic rings. The van der Waals surface area contributed by atoms with Gasteiger partial charge >= 0.3 is 0 Å². The highest BCUT2D eigenvalue weighted by atomic mass is 35.5. The van der Waals surface area contributed by atoms with Crippen molar-refractivity contribution in [3.8, 4) is 0 Å². The van der Waals surface area contributed by atoms with Gasteiger partial charge in [0.15, 0.2) is 0 Å². The fourth-order valence-corrected chi connectivity index (χ4v) is 2.65. The maximum atomic E-state index is 12.4. The van der Waals surface area contributed by atoms with Crippen LogP contribution in [0.1, 0.15) is 30.6 Å². The zero-order chi connectivity index (χ0) is 16.8. The van der Waals surface area contributed by atoms with Crippen LogP contribution in [0.3, 0.4) is 0 Å². The summed E-state index contributed by atoms with van der Waals surface area (Å²) >= 11 is 6.02. The summed E-state index contributed by atoms with van der Waals surface area (Å²) in [6.45, 7) is 6.96. The predicted octanol–water partition coefficient (Wildman–Crippen LogP) is 1.41. The van der Waals surface area contributed by atoms with Crippen LogP contribution in [0.5, 0.6) is 0 Å². The van der Waals surface area contributed by atoms with Crippen LogP contribution in [0.15, 0.2) is 18.5 Å². The minimum absolute atomic E-state index is 0.0382. The van der Waals surface area contributed by atoms with E-state index in [4.69, 9.17) is 11.6 Å². The molecule has 0 unspecified atom stereocenters. The average molecular weight is 339 g/mol. The van der Waals surface area contributed by atoms with Crippen molar-refractivity contribution >= 4 is 23.4 Å². The molecule has 1 aromatic rings. The van der Waals surface area contributed by atoms with Crippen molar-refractivity contribution in [1.29, 1.82) is 0 Å². The molecule has 0 saturated carbocycles. The first-order valence-electron chi connectivity index (χ1n) is 7.91. The van der Waals surface area contributed by atoms with Gasteiger partial charge in [0.05, 0.1) is 17.1 Å². The highest BCUT2D eigenvalue weighted by Crippen LogP contribution is 2.16. The molecule has 1 aliphatic heterocycles. The lowest BCUT2D eigenvalue weighted by molar-refractivity contribution is -0.123. The Morgan fingerprint density at radius 2 is 2.04 bits per heavy atom. The predicted molar refractivity (Wildman–Crippen MR) is 89.5 cm³/mol. The van der Waals surface area contributed by atoms with Gasteiger partial charge in [0.1, 0.15) is 0 Å². The second-order valence-electron chi connectivity index (χ2n) is 5.80. The van der Waals surface area contributed by atoms with Crippen LogP contribution in [0.4, 0.5) is 0 Å². The van der Waals surface area contributed by atoms with Gasteiger partial charge in [-0.05, 0) is 19.4 Å². The van der Waals surface area contributed by atoms with Gasteiger partial charge in [0.2, 0.25) is 5.91 Å². The van der Waals surface area contributed by atoms with Crippen LogP contribution < -0.4 is 5.32 Å².